The van der Waals surface area contributed by atoms with Crippen molar-refractivity contribution in [1.29, 1.82) is 0 Å². The third-order valence-electron chi connectivity index (χ3n) is 3.34. The van der Waals surface area contributed by atoms with Crippen LogP contribution in [0.3, 0.4) is 0 Å². The van der Waals surface area contributed by atoms with Crippen LogP contribution in [0.15, 0.2) is 42.6 Å². The van der Waals surface area contributed by atoms with Crippen LogP contribution in [0.5, 0.6) is 11.6 Å². The van der Waals surface area contributed by atoms with Crippen LogP contribution in [0.1, 0.15) is 15.9 Å². The number of aromatic nitrogens is 2. The molecule has 23 heavy (non-hydrogen) atoms. The topological polar surface area (TPSA) is 61.3 Å². The highest BCUT2D eigenvalue weighted by Crippen LogP contribution is 2.31. The third kappa shape index (κ3) is 2.96. The summed E-state index contributed by atoms with van der Waals surface area (Å²) >= 11 is 6.12. The first kappa shape index (κ1) is 15.2. The Morgan fingerprint density at radius 1 is 1.13 bits per heavy atom. The Balaban J connectivity index is 1.96. The Bertz CT molecular complexity index is 896. The summed E-state index contributed by atoms with van der Waals surface area (Å²) in [5.41, 5.74) is 2.32. The lowest BCUT2D eigenvalue weighted by molar-refractivity contribution is 0.0724. The quantitative estimate of drug-likeness (QED) is 0.684. The summed E-state index contributed by atoms with van der Waals surface area (Å²) in [4.78, 5) is 20.9. The van der Waals surface area contributed by atoms with Gasteiger partial charge in [0.25, 0.3) is 0 Å². The van der Waals surface area contributed by atoms with E-state index in [1.54, 1.807) is 18.2 Å². The molecule has 0 amide bonds. The van der Waals surface area contributed by atoms with Crippen molar-refractivity contribution in [1.82, 2.24) is 9.97 Å². The normalized spacial score (nSPS) is 10.6. The molecule has 0 spiro atoms. The number of aryl methyl sites for hydroxylation is 1. The molecule has 0 aliphatic rings. The van der Waals surface area contributed by atoms with Crippen molar-refractivity contribution < 1.29 is 14.3 Å². The summed E-state index contributed by atoms with van der Waals surface area (Å²) in [5, 5.41) is 0.256. The van der Waals surface area contributed by atoms with E-state index >= 15 is 0 Å². The van der Waals surface area contributed by atoms with Crippen LogP contribution >= 0.6 is 11.6 Å². The molecule has 3 aromatic rings. The minimum Gasteiger partial charge on any atom is -0.496 e. The Kier molecular flexibility index (Phi) is 4.12. The van der Waals surface area contributed by atoms with Gasteiger partial charge in [0, 0.05) is 0 Å². The van der Waals surface area contributed by atoms with Gasteiger partial charge in [0.1, 0.15) is 11.3 Å². The highest BCUT2D eigenvalue weighted by atomic mass is 35.5. The van der Waals surface area contributed by atoms with Crippen LogP contribution in [0.25, 0.3) is 11.0 Å². The molecule has 0 fully saturated rings. The molecule has 0 saturated carbocycles. The second kappa shape index (κ2) is 6.22. The number of ether oxygens (including phenoxy) is 2. The molecule has 1 heterocycles. The number of carbonyl (C=O) groups excluding carboxylic acids is 1. The van der Waals surface area contributed by atoms with Gasteiger partial charge in [-0.05, 0) is 30.7 Å². The average molecular weight is 329 g/mol. The number of esters is 1. The van der Waals surface area contributed by atoms with Crippen molar-refractivity contribution in [3.05, 3.63) is 58.7 Å². The van der Waals surface area contributed by atoms with Crippen LogP contribution in [0.4, 0.5) is 0 Å². The molecule has 0 radical (unpaired) electrons. The molecule has 6 heteroatoms. The van der Waals surface area contributed by atoms with Crippen LogP contribution in [0, 0.1) is 6.92 Å². The number of para-hydroxylation sites is 2. The van der Waals surface area contributed by atoms with Gasteiger partial charge in [-0.3, -0.25) is 0 Å². The summed E-state index contributed by atoms with van der Waals surface area (Å²) < 4.78 is 10.6. The molecule has 0 aliphatic heterocycles. The van der Waals surface area contributed by atoms with Crippen LogP contribution < -0.4 is 9.47 Å². The molecule has 0 aliphatic carbocycles. The number of nitrogens with zero attached hydrogens (tertiary/aromatic N) is 2. The zero-order chi connectivity index (χ0) is 16.4. The van der Waals surface area contributed by atoms with Crippen LogP contribution in [-0.2, 0) is 0 Å². The van der Waals surface area contributed by atoms with Gasteiger partial charge in [-0.25, -0.2) is 14.8 Å². The van der Waals surface area contributed by atoms with E-state index in [-0.39, 0.29) is 16.5 Å². The average Bonchev–Trinajstić information content (AvgIpc) is 2.56. The number of fused-ring (bicyclic) bond motifs is 1. The lowest BCUT2D eigenvalue weighted by Gasteiger charge is -2.12. The zero-order valence-corrected chi connectivity index (χ0v) is 13.3. The third-order valence-corrected chi connectivity index (χ3v) is 3.65. The number of hydrogen-bond donors (Lipinski definition) is 0. The fourth-order valence-electron chi connectivity index (χ4n) is 2.25. The molecule has 0 saturated heterocycles. The first-order valence-corrected chi connectivity index (χ1v) is 7.25. The standard InChI is InChI=1S/C17H13ClN2O3/c1-10-7-8-11(18)15(16(10)22-2)17(21)23-14-9-19-12-5-3-4-6-13(12)20-14/h3-9H,1-2H3. The van der Waals surface area contributed by atoms with Crippen LogP contribution in [-0.4, -0.2) is 23.0 Å². The number of methoxy groups -OCH3 is 1. The van der Waals surface area contributed by atoms with Crippen molar-refractivity contribution in [2.45, 2.75) is 6.92 Å². The van der Waals surface area contributed by atoms with Gasteiger partial charge >= 0.3 is 5.97 Å². The van der Waals surface area contributed by atoms with Crippen LogP contribution in [0.2, 0.25) is 5.02 Å². The Morgan fingerprint density at radius 3 is 2.61 bits per heavy atom. The Morgan fingerprint density at radius 2 is 1.87 bits per heavy atom. The van der Waals surface area contributed by atoms with Gasteiger partial charge in [-0.2, -0.15) is 0 Å². The number of carbonyl (C=O) groups is 1. The number of benzene rings is 2. The molecule has 0 unspecified atom stereocenters. The number of hydrogen-bond acceptors (Lipinski definition) is 5. The van der Waals surface area contributed by atoms with Crippen molar-refractivity contribution >= 4 is 28.6 Å². The van der Waals surface area contributed by atoms with Crippen molar-refractivity contribution in [2.24, 2.45) is 0 Å². The van der Waals surface area contributed by atoms with Gasteiger partial charge < -0.3 is 9.47 Å². The molecule has 0 bridgehead atoms. The summed E-state index contributed by atoms with van der Waals surface area (Å²) in [6, 6.07) is 10.7. The molecule has 1 aromatic heterocycles. The molecular weight excluding hydrogens is 316 g/mol. The maximum atomic E-state index is 12.4. The van der Waals surface area contributed by atoms with E-state index in [1.165, 1.54) is 13.3 Å². The molecule has 0 atom stereocenters. The van der Waals surface area contributed by atoms with Crippen molar-refractivity contribution in [3.63, 3.8) is 0 Å². The van der Waals surface area contributed by atoms with E-state index in [0.29, 0.717) is 11.3 Å². The largest absolute Gasteiger partial charge is 0.496 e. The number of halogens is 1. The molecule has 2 aromatic carbocycles. The maximum absolute atomic E-state index is 12.4. The highest BCUT2D eigenvalue weighted by Gasteiger charge is 2.21. The van der Waals surface area contributed by atoms with E-state index in [0.717, 1.165) is 11.1 Å². The summed E-state index contributed by atoms with van der Waals surface area (Å²) in [6.07, 6.45) is 1.40. The van der Waals surface area contributed by atoms with Gasteiger partial charge in [0.05, 0.1) is 29.4 Å². The van der Waals surface area contributed by atoms with E-state index in [9.17, 15) is 4.79 Å². The van der Waals surface area contributed by atoms with Gasteiger partial charge in [0.2, 0.25) is 5.88 Å². The highest BCUT2D eigenvalue weighted by molar-refractivity contribution is 6.34. The predicted molar refractivity (Wildman–Crippen MR) is 87.2 cm³/mol. The smallest absolute Gasteiger partial charge is 0.350 e. The van der Waals surface area contributed by atoms with Gasteiger partial charge in [0.15, 0.2) is 0 Å². The minimum absolute atomic E-state index is 0.105. The van der Waals surface area contributed by atoms with E-state index in [2.05, 4.69) is 9.97 Å². The van der Waals surface area contributed by atoms with E-state index in [1.807, 2.05) is 25.1 Å². The molecule has 5 nitrogen and oxygen atoms in total. The second-order valence-corrected chi connectivity index (χ2v) is 5.27. The van der Waals surface area contributed by atoms with E-state index in [4.69, 9.17) is 21.1 Å². The fourth-order valence-corrected chi connectivity index (χ4v) is 2.48. The summed E-state index contributed by atoms with van der Waals surface area (Å²) in [7, 11) is 1.48. The SMILES string of the molecule is COc1c(C)ccc(Cl)c1C(=O)Oc1cnc2ccccc2n1. The van der Waals surface area contributed by atoms with Crippen molar-refractivity contribution in [2.75, 3.05) is 7.11 Å². The van der Waals surface area contributed by atoms with Gasteiger partial charge in [-0.1, -0.05) is 29.8 Å². The molecule has 0 N–H and O–H groups in total. The fraction of sp³-hybridized carbons (Fsp3) is 0.118. The lowest BCUT2D eigenvalue weighted by atomic mass is 10.1. The first-order chi connectivity index (χ1) is 11.1. The second-order valence-electron chi connectivity index (χ2n) is 4.86. The predicted octanol–water partition coefficient (Wildman–Crippen LogP) is 3.82. The van der Waals surface area contributed by atoms with Gasteiger partial charge in [-0.15, -0.1) is 0 Å². The lowest BCUT2D eigenvalue weighted by Crippen LogP contribution is -2.12. The molecule has 116 valence electrons. The van der Waals surface area contributed by atoms with E-state index < -0.39 is 5.97 Å². The summed E-state index contributed by atoms with van der Waals surface area (Å²) in [5.74, 6) is -0.148. The maximum Gasteiger partial charge on any atom is 0.350 e. The summed E-state index contributed by atoms with van der Waals surface area (Å²) in [6.45, 7) is 1.82. The Labute approximate surface area is 137 Å². The Hall–Kier alpha value is -2.66. The monoisotopic (exact) mass is 328 g/mol. The minimum atomic E-state index is -0.639. The molecule has 3 rings (SSSR count). The zero-order valence-electron chi connectivity index (χ0n) is 12.5. The van der Waals surface area contributed by atoms with Crippen molar-refractivity contribution in [3.8, 4) is 11.6 Å². The molecular formula is C17H13ClN2O3. The first-order valence-electron chi connectivity index (χ1n) is 6.87. The number of rotatable bonds is 3.